The predicted octanol–water partition coefficient (Wildman–Crippen LogP) is 10.5. The number of hydrogen-bond donors (Lipinski definition) is 1. The molecule has 2 fully saturated rings. The molecular weight excluding hydrogens is 492 g/mol. The molecule has 0 bridgehead atoms. The summed E-state index contributed by atoms with van der Waals surface area (Å²) in [5.74, 6) is 1.86. The summed E-state index contributed by atoms with van der Waals surface area (Å²) in [6.07, 6.45) is 13.5. The number of allylic oxidation sites excluding steroid dienone is 3. The Bertz CT molecular complexity index is 994. The number of rotatable bonds is 6. The van der Waals surface area contributed by atoms with Gasteiger partial charge in [0.25, 0.3) is 0 Å². The van der Waals surface area contributed by atoms with Gasteiger partial charge in [-0.15, -0.1) is 0 Å². The van der Waals surface area contributed by atoms with Crippen LogP contribution in [0.15, 0.2) is 22.8 Å². The number of fused-ring (bicyclic) bond motifs is 4. The maximum Gasteiger partial charge on any atom is 0.192 e. The SMILES string of the molecule is CC(C)=CCC(O[Si](C)(C)C(C)(C)C)[C@@H](C)[C@H]1CC[C@@]2(C)C3=C(CC[C@]12C)[C@@]1(C)CC[C@H](O)C(C)(C)C1CC3. The van der Waals surface area contributed by atoms with Gasteiger partial charge in [0.1, 0.15) is 0 Å². The van der Waals surface area contributed by atoms with Crippen molar-refractivity contribution in [2.45, 2.75) is 164 Å². The molecule has 4 aliphatic carbocycles. The van der Waals surface area contributed by atoms with Crippen LogP contribution in [-0.4, -0.2) is 25.6 Å². The van der Waals surface area contributed by atoms with Crippen LogP contribution < -0.4 is 0 Å². The summed E-state index contributed by atoms with van der Waals surface area (Å²) in [4.78, 5) is 0. The molecule has 4 rings (SSSR count). The number of aliphatic hydroxyl groups excluding tert-OH is 1. The first-order chi connectivity index (χ1) is 17.7. The minimum absolute atomic E-state index is 0.0130. The molecular formula is C36H64O2Si. The van der Waals surface area contributed by atoms with E-state index in [4.69, 9.17) is 4.43 Å². The van der Waals surface area contributed by atoms with E-state index in [9.17, 15) is 5.11 Å². The molecule has 0 radical (unpaired) electrons. The molecule has 1 N–H and O–H groups in total. The van der Waals surface area contributed by atoms with Gasteiger partial charge in [0.15, 0.2) is 8.32 Å². The maximum atomic E-state index is 11.0. The molecule has 4 aliphatic rings. The Kier molecular flexibility index (Phi) is 8.18. The smallest absolute Gasteiger partial charge is 0.192 e. The van der Waals surface area contributed by atoms with Gasteiger partial charge in [0, 0.05) is 0 Å². The van der Waals surface area contributed by atoms with Crippen molar-refractivity contribution >= 4 is 8.32 Å². The highest BCUT2D eigenvalue weighted by molar-refractivity contribution is 6.74. The van der Waals surface area contributed by atoms with Crippen molar-refractivity contribution in [2.75, 3.05) is 0 Å². The van der Waals surface area contributed by atoms with E-state index in [0.29, 0.717) is 34.7 Å². The largest absolute Gasteiger partial charge is 0.413 e. The third-order valence-electron chi connectivity index (χ3n) is 14.0. The lowest BCUT2D eigenvalue weighted by atomic mass is 9.43. The minimum Gasteiger partial charge on any atom is -0.413 e. The fraction of sp³-hybridized carbons (Fsp3) is 0.889. The van der Waals surface area contributed by atoms with E-state index in [1.807, 2.05) is 11.1 Å². The second-order valence-corrected chi connectivity index (χ2v) is 22.3. The highest BCUT2D eigenvalue weighted by Crippen LogP contribution is 2.72. The van der Waals surface area contributed by atoms with Crippen LogP contribution in [0, 0.1) is 39.4 Å². The van der Waals surface area contributed by atoms with Crippen LogP contribution in [0.3, 0.4) is 0 Å². The van der Waals surface area contributed by atoms with Crippen LogP contribution in [0.1, 0.15) is 134 Å². The fourth-order valence-corrected chi connectivity index (χ4v) is 11.5. The average Bonchev–Trinajstić information content (AvgIpc) is 3.09. The van der Waals surface area contributed by atoms with E-state index < -0.39 is 8.32 Å². The predicted molar refractivity (Wildman–Crippen MR) is 170 cm³/mol. The Morgan fingerprint density at radius 3 is 2.21 bits per heavy atom. The van der Waals surface area contributed by atoms with Gasteiger partial charge in [-0.2, -0.15) is 0 Å². The summed E-state index contributed by atoms with van der Waals surface area (Å²) < 4.78 is 7.27. The minimum atomic E-state index is -1.88. The van der Waals surface area contributed by atoms with Crippen molar-refractivity contribution in [3.63, 3.8) is 0 Å². The van der Waals surface area contributed by atoms with Crippen LogP contribution in [0.2, 0.25) is 18.1 Å². The molecule has 0 aromatic heterocycles. The van der Waals surface area contributed by atoms with E-state index in [-0.39, 0.29) is 22.0 Å². The van der Waals surface area contributed by atoms with Crippen molar-refractivity contribution < 1.29 is 9.53 Å². The first-order valence-electron chi connectivity index (χ1n) is 16.4. The van der Waals surface area contributed by atoms with E-state index >= 15 is 0 Å². The third kappa shape index (κ3) is 4.91. The Morgan fingerprint density at radius 1 is 0.974 bits per heavy atom. The zero-order valence-corrected chi connectivity index (χ0v) is 29.2. The second kappa shape index (κ2) is 10.1. The van der Waals surface area contributed by atoms with Crippen molar-refractivity contribution in [3.05, 3.63) is 22.8 Å². The fourth-order valence-electron chi connectivity index (χ4n) is 10.1. The first-order valence-corrected chi connectivity index (χ1v) is 19.4. The lowest BCUT2D eigenvalue weighted by Gasteiger charge is -2.62. The van der Waals surface area contributed by atoms with Crippen molar-refractivity contribution in [3.8, 4) is 0 Å². The monoisotopic (exact) mass is 556 g/mol. The molecule has 2 saturated carbocycles. The summed E-state index contributed by atoms with van der Waals surface area (Å²) in [6, 6.07) is 0. The van der Waals surface area contributed by atoms with Gasteiger partial charge in [0.05, 0.1) is 12.2 Å². The van der Waals surface area contributed by atoms with Gasteiger partial charge in [0.2, 0.25) is 0 Å². The summed E-state index contributed by atoms with van der Waals surface area (Å²) in [6.45, 7) is 31.7. The van der Waals surface area contributed by atoms with Crippen LogP contribution in [0.5, 0.6) is 0 Å². The van der Waals surface area contributed by atoms with Gasteiger partial charge in [-0.25, -0.2) is 0 Å². The summed E-state index contributed by atoms with van der Waals surface area (Å²) >= 11 is 0. The Hall–Kier alpha value is -0.383. The summed E-state index contributed by atoms with van der Waals surface area (Å²) in [5, 5.41) is 11.2. The van der Waals surface area contributed by atoms with Gasteiger partial charge >= 0.3 is 0 Å². The summed E-state index contributed by atoms with van der Waals surface area (Å²) in [5.41, 5.74) is 5.99. The molecule has 224 valence electrons. The second-order valence-electron chi connectivity index (χ2n) is 17.5. The van der Waals surface area contributed by atoms with E-state index in [1.165, 1.54) is 50.5 Å². The lowest BCUT2D eigenvalue weighted by molar-refractivity contribution is -0.0969. The molecule has 3 heteroatoms. The number of aliphatic hydroxyl groups is 1. The van der Waals surface area contributed by atoms with Crippen LogP contribution in [0.4, 0.5) is 0 Å². The molecule has 2 nitrogen and oxygen atoms in total. The zero-order chi connectivity index (χ0) is 29.4. The quantitative estimate of drug-likeness (QED) is 0.260. The van der Waals surface area contributed by atoms with Gasteiger partial charge in [-0.05, 0) is 129 Å². The first kappa shape index (κ1) is 31.6. The van der Waals surface area contributed by atoms with E-state index in [1.54, 1.807) is 0 Å². The molecule has 39 heavy (non-hydrogen) atoms. The topological polar surface area (TPSA) is 29.5 Å². The highest BCUT2D eigenvalue weighted by atomic mass is 28.4. The van der Waals surface area contributed by atoms with E-state index in [0.717, 1.165) is 12.8 Å². The average molecular weight is 557 g/mol. The van der Waals surface area contributed by atoms with Crippen molar-refractivity contribution in [1.29, 1.82) is 0 Å². The van der Waals surface area contributed by atoms with Crippen molar-refractivity contribution in [2.24, 2.45) is 39.4 Å². The zero-order valence-electron chi connectivity index (χ0n) is 28.2. The standard InChI is InChI=1S/C36H64O2Si/c1-24(2)14-16-29(38-39(12,13)32(4,5)6)25(3)26-18-22-36(11)28-15-17-30-33(7,8)31(37)20-21-34(30,9)27(28)19-23-35(26,36)10/h14,25-26,29-31,37H,15-23H2,1-13H3/t25-,26+,29?,30?,31-,34+,35+,36-/m0/s1. The normalized spacial score (nSPS) is 39.9. The Labute approximate surface area is 244 Å². The Morgan fingerprint density at radius 2 is 1.62 bits per heavy atom. The Balaban J connectivity index is 1.68. The number of hydrogen-bond acceptors (Lipinski definition) is 2. The molecule has 0 spiro atoms. The third-order valence-corrected chi connectivity index (χ3v) is 18.5. The van der Waals surface area contributed by atoms with Gasteiger partial charge < -0.3 is 9.53 Å². The van der Waals surface area contributed by atoms with Gasteiger partial charge in [-0.3, -0.25) is 0 Å². The summed E-state index contributed by atoms with van der Waals surface area (Å²) in [7, 11) is -1.88. The van der Waals surface area contributed by atoms with Crippen LogP contribution >= 0.6 is 0 Å². The van der Waals surface area contributed by atoms with E-state index in [2.05, 4.69) is 95.3 Å². The van der Waals surface area contributed by atoms with Gasteiger partial charge in [-0.1, -0.05) is 85.1 Å². The molecule has 0 amide bonds. The van der Waals surface area contributed by atoms with Crippen LogP contribution in [-0.2, 0) is 4.43 Å². The molecule has 0 aliphatic heterocycles. The molecule has 0 aromatic carbocycles. The highest BCUT2D eigenvalue weighted by Gasteiger charge is 2.63. The maximum absolute atomic E-state index is 11.0. The molecule has 0 heterocycles. The molecule has 2 unspecified atom stereocenters. The van der Waals surface area contributed by atoms with Crippen molar-refractivity contribution in [1.82, 2.24) is 0 Å². The molecule has 0 aromatic rings. The molecule has 8 atom stereocenters. The lowest BCUT2D eigenvalue weighted by Crippen LogP contribution is -2.55. The molecule has 0 saturated heterocycles. The van der Waals surface area contributed by atoms with Crippen LogP contribution in [0.25, 0.3) is 0 Å².